The molecular weight excluding hydrogens is 220 g/mol. The van der Waals surface area contributed by atoms with E-state index in [0.29, 0.717) is 0 Å². The molecule has 2 rings (SSSR count). The van der Waals surface area contributed by atoms with E-state index >= 15 is 0 Å². The fourth-order valence-electron chi connectivity index (χ4n) is 2.10. The number of allylic oxidation sites excluding steroid dienone is 10. The van der Waals surface area contributed by atoms with Crippen molar-refractivity contribution in [3.05, 3.63) is 71.9 Å². The van der Waals surface area contributed by atoms with Crippen molar-refractivity contribution in [2.24, 2.45) is 5.41 Å². The molecule has 0 amide bonds. The predicted molar refractivity (Wildman–Crippen MR) is 77.1 cm³/mol. The molecule has 1 N–H and O–H groups in total. The van der Waals surface area contributed by atoms with Crippen LogP contribution in [0.3, 0.4) is 0 Å². The molecular formula is C17H20O. The molecule has 94 valence electrons. The normalized spacial score (nSPS) is 39.6. The zero-order valence-corrected chi connectivity index (χ0v) is 11.2. The van der Waals surface area contributed by atoms with Crippen LogP contribution in [0.15, 0.2) is 71.9 Å². The molecule has 0 heterocycles. The molecule has 0 saturated heterocycles. The van der Waals surface area contributed by atoms with Gasteiger partial charge in [0.2, 0.25) is 0 Å². The first-order valence-electron chi connectivity index (χ1n) is 6.28. The summed E-state index contributed by atoms with van der Waals surface area (Å²) in [6, 6.07) is 0. The lowest BCUT2D eigenvalue weighted by Gasteiger charge is -2.25. The average Bonchev–Trinajstić information content (AvgIpc) is 2.24. The zero-order valence-electron chi connectivity index (χ0n) is 11.2. The molecule has 2 aliphatic carbocycles. The lowest BCUT2D eigenvalue weighted by molar-refractivity contribution is 0.162. The maximum atomic E-state index is 10.3. The largest absolute Gasteiger partial charge is 0.382 e. The van der Waals surface area contributed by atoms with Crippen LogP contribution in [-0.2, 0) is 0 Å². The third kappa shape index (κ3) is 3.21. The highest BCUT2D eigenvalue weighted by Crippen LogP contribution is 2.31. The monoisotopic (exact) mass is 240 g/mol. The number of hydrogen-bond donors (Lipinski definition) is 1. The fourth-order valence-corrected chi connectivity index (χ4v) is 2.10. The zero-order chi connectivity index (χ0) is 13.2. The highest BCUT2D eigenvalue weighted by atomic mass is 16.3. The molecule has 1 unspecified atom stereocenters. The summed E-state index contributed by atoms with van der Waals surface area (Å²) >= 11 is 0. The first-order valence-corrected chi connectivity index (χ1v) is 6.28. The SMILES string of the molecule is CC1(C)C=C2\C=C/C=C\C=C/C2=C/C(C)(O)/C=C\1. The van der Waals surface area contributed by atoms with Crippen LogP contribution in [-0.4, -0.2) is 10.7 Å². The van der Waals surface area contributed by atoms with Crippen LogP contribution in [0.1, 0.15) is 20.8 Å². The Morgan fingerprint density at radius 2 is 1.33 bits per heavy atom. The molecule has 0 spiro atoms. The van der Waals surface area contributed by atoms with Crippen LogP contribution in [0.25, 0.3) is 0 Å². The minimum absolute atomic E-state index is 0.0695. The Labute approximate surface area is 109 Å². The number of aliphatic hydroxyl groups is 1. The van der Waals surface area contributed by atoms with Gasteiger partial charge in [-0.2, -0.15) is 0 Å². The van der Waals surface area contributed by atoms with Gasteiger partial charge in [0, 0.05) is 5.41 Å². The summed E-state index contributed by atoms with van der Waals surface area (Å²) in [4.78, 5) is 0. The van der Waals surface area contributed by atoms with E-state index in [2.05, 4.69) is 32.1 Å². The molecule has 0 aromatic carbocycles. The van der Waals surface area contributed by atoms with Crippen LogP contribution in [0.5, 0.6) is 0 Å². The Bertz CT molecular complexity index is 460. The minimum Gasteiger partial charge on any atom is -0.382 e. The van der Waals surface area contributed by atoms with E-state index in [0.717, 1.165) is 11.1 Å². The van der Waals surface area contributed by atoms with Crippen LogP contribution < -0.4 is 0 Å². The van der Waals surface area contributed by atoms with E-state index < -0.39 is 5.60 Å². The highest BCUT2D eigenvalue weighted by molar-refractivity contribution is 5.52. The van der Waals surface area contributed by atoms with Crippen molar-refractivity contribution < 1.29 is 5.11 Å². The molecule has 0 radical (unpaired) electrons. The van der Waals surface area contributed by atoms with Crippen molar-refractivity contribution in [3.63, 3.8) is 0 Å². The number of hydrogen-bond acceptors (Lipinski definition) is 1. The lowest BCUT2D eigenvalue weighted by atomic mass is 9.83. The Morgan fingerprint density at radius 1 is 0.778 bits per heavy atom. The van der Waals surface area contributed by atoms with Crippen LogP contribution in [0, 0.1) is 5.41 Å². The summed E-state index contributed by atoms with van der Waals surface area (Å²) in [6.45, 7) is 6.09. The van der Waals surface area contributed by atoms with Crippen molar-refractivity contribution in [1.82, 2.24) is 0 Å². The number of fused-ring (bicyclic) bond motifs is 1. The molecule has 1 nitrogen and oxygen atoms in total. The smallest absolute Gasteiger partial charge is 0.0989 e. The molecule has 1 atom stereocenters. The van der Waals surface area contributed by atoms with Gasteiger partial charge in [-0.15, -0.1) is 0 Å². The summed E-state index contributed by atoms with van der Waals surface area (Å²) in [5.41, 5.74) is 1.22. The Morgan fingerprint density at radius 3 is 1.94 bits per heavy atom. The molecule has 0 fully saturated rings. The van der Waals surface area contributed by atoms with Crippen LogP contribution in [0.2, 0.25) is 0 Å². The maximum absolute atomic E-state index is 10.3. The quantitative estimate of drug-likeness (QED) is 0.637. The standard InChI is InChI=1S/C17H20O/c1-16(2)10-11-17(3,18)13-15-9-7-5-4-6-8-14(15)12-16/h4-13,18H,1-3H3/b5-4-,8-6-,9-7-,11-10-,14-12?,15-13-. The van der Waals surface area contributed by atoms with Crippen molar-refractivity contribution in [3.8, 4) is 0 Å². The lowest BCUT2D eigenvalue weighted by Crippen LogP contribution is -2.21. The van der Waals surface area contributed by atoms with Crippen molar-refractivity contribution in [2.45, 2.75) is 26.4 Å². The first kappa shape index (κ1) is 12.8. The van der Waals surface area contributed by atoms with Crippen molar-refractivity contribution in [1.29, 1.82) is 0 Å². The summed E-state index contributed by atoms with van der Waals surface area (Å²) in [6.07, 6.45) is 20.2. The summed E-state index contributed by atoms with van der Waals surface area (Å²) in [5, 5.41) is 10.3. The van der Waals surface area contributed by atoms with Gasteiger partial charge in [-0.1, -0.05) is 68.5 Å². The molecule has 0 aliphatic heterocycles. The third-order valence-corrected chi connectivity index (χ3v) is 3.04. The van der Waals surface area contributed by atoms with Gasteiger partial charge in [-0.3, -0.25) is 0 Å². The number of rotatable bonds is 0. The van der Waals surface area contributed by atoms with Crippen molar-refractivity contribution >= 4 is 0 Å². The topological polar surface area (TPSA) is 20.2 Å². The van der Waals surface area contributed by atoms with Crippen LogP contribution >= 0.6 is 0 Å². The molecule has 0 bridgehead atoms. The van der Waals surface area contributed by atoms with E-state index in [1.807, 2.05) is 49.5 Å². The third-order valence-electron chi connectivity index (χ3n) is 3.04. The Hall–Kier alpha value is -1.60. The second kappa shape index (κ2) is 4.58. The van der Waals surface area contributed by atoms with E-state index in [-0.39, 0.29) is 5.41 Å². The second-order valence-corrected chi connectivity index (χ2v) is 5.68. The summed E-state index contributed by atoms with van der Waals surface area (Å²) in [5.74, 6) is 0. The van der Waals surface area contributed by atoms with Gasteiger partial charge >= 0.3 is 0 Å². The molecule has 2 aliphatic rings. The van der Waals surface area contributed by atoms with Gasteiger partial charge in [0.25, 0.3) is 0 Å². The van der Waals surface area contributed by atoms with Gasteiger partial charge in [0.05, 0.1) is 5.60 Å². The van der Waals surface area contributed by atoms with Gasteiger partial charge in [-0.05, 0) is 24.1 Å². The molecule has 0 aromatic rings. The molecule has 1 heteroatoms. The minimum atomic E-state index is -0.910. The van der Waals surface area contributed by atoms with Gasteiger partial charge in [-0.25, -0.2) is 0 Å². The molecule has 0 aromatic heterocycles. The summed E-state index contributed by atoms with van der Waals surface area (Å²) in [7, 11) is 0. The predicted octanol–water partition coefficient (Wildman–Crippen LogP) is 3.87. The summed E-state index contributed by atoms with van der Waals surface area (Å²) < 4.78 is 0. The fraction of sp³-hybridized carbons (Fsp3) is 0.294. The average molecular weight is 240 g/mol. The van der Waals surface area contributed by atoms with E-state index in [4.69, 9.17) is 0 Å². The highest BCUT2D eigenvalue weighted by Gasteiger charge is 2.21. The maximum Gasteiger partial charge on any atom is 0.0989 e. The van der Waals surface area contributed by atoms with E-state index in [1.54, 1.807) is 0 Å². The first-order chi connectivity index (χ1) is 8.38. The van der Waals surface area contributed by atoms with Gasteiger partial charge in [0.15, 0.2) is 0 Å². The van der Waals surface area contributed by atoms with E-state index in [1.165, 1.54) is 0 Å². The second-order valence-electron chi connectivity index (χ2n) is 5.68. The van der Waals surface area contributed by atoms with Crippen LogP contribution in [0.4, 0.5) is 0 Å². The molecule has 18 heavy (non-hydrogen) atoms. The Kier molecular flexibility index (Phi) is 3.27. The molecule has 0 saturated carbocycles. The van der Waals surface area contributed by atoms with Crippen molar-refractivity contribution in [2.75, 3.05) is 0 Å². The van der Waals surface area contributed by atoms with Gasteiger partial charge in [0.1, 0.15) is 0 Å². The van der Waals surface area contributed by atoms with Gasteiger partial charge < -0.3 is 5.11 Å². The Balaban J connectivity index is 2.61. The van der Waals surface area contributed by atoms with E-state index in [9.17, 15) is 5.11 Å².